The zero-order chi connectivity index (χ0) is 13.0. The standard InChI is InChI=1S/C14H16N2O2/c1-2-10(17)9-16-14(18)12-5-3-7-13-11(12)6-4-8-15-13/h3-8,10,17H,2,9H2,1H3,(H,16,18). The average molecular weight is 244 g/mol. The Hall–Kier alpha value is -1.94. The van der Waals surface area contributed by atoms with Crippen molar-refractivity contribution < 1.29 is 9.90 Å². The maximum absolute atomic E-state index is 12.0. The first kappa shape index (κ1) is 12.5. The van der Waals surface area contributed by atoms with Crippen molar-refractivity contribution in [2.75, 3.05) is 6.54 Å². The molecular formula is C14H16N2O2. The molecule has 0 aliphatic heterocycles. The van der Waals surface area contributed by atoms with Gasteiger partial charge in [-0.1, -0.05) is 19.1 Å². The number of rotatable bonds is 4. The SMILES string of the molecule is CCC(O)CNC(=O)c1cccc2ncccc12. The summed E-state index contributed by atoms with van der Waals surface area (Å²) in [6, 6.07) is 9.11. The van der Waals surface area contributed by atoms with Gasteiger partial charge in [0.15, 0.2) is 0 Å². The second kappa shape index (κ2) is 5.60. The summed E-state index contributed by atoms with van der Waals surface area (Å²) < 4.78 is 0. The lowest BCUT2D eigenvalue weighted by Gasteiger charge is -2.10. The van der Waals surface area contributed by atoms with Crippen LogP contribution in [-0.2, 0) is 0 Å². The van der Waals surface area contributed by atoms with Gasteiger partial charge in [-0.05, 0) is 24.6 Å². The number of aliphatic hydroxyl groups excluding tert-OH is 1. The van der Waals surface area contributed by atoms with Crippen LogP contribution in [0, 0.1) is 0 Å². The van der Waals surface area contributed by atoms with Crippen molar-refractivity contribution in [2.24, 2.45) is 0 Å². The molecule has 1 aromatic heterocycles. The van der Waals surface area contributed by atoms with E-state index in [4.69, 9.17) is 0 Å². The van der Waals surface area contributed by atoms with E-state index in [0.717, 1.165) is 10.9 Å². The van der Waals surface area contributed by atoms with Gasteiger partial charge in [-0.3, -0.25) is 9.78 Å². The third-order valence-corrected chi connectivity index (χ3v) is 2.86. The monoisotopic (exact) mass is 244 g/mol. The minimum Gasteiger partial charge on any atom is -0.391 e. The number of aromatic nitrogens is 1. The Morgan fingerprint density at radius 2 is 2.22 bits per heavy atom. The molecular weight excluding hydrogens is 228 g/mol. The summed E-state index contributed by atoms with van der Waals surface area (Å²) >= 11 is 0. The van der Waals surface area contributed by atoms with E-state index in [-0.39, 0.29) is 12.5 Å². The molecule has 2 aromatic rings. The number of hydrogen-bond acceptors (Lipinski definition) is 3. The summed E-state index contributed by atoms with van der Waals surface area (Å²) in [6.45, 7) is 2.14. The highest BCUT2D eigenvalue weighted by molar-refractivity contribution is 6.06. The minimum atomic E-state index is -0.498. The van der Waals surface area contributed by atoms with Gasteiger partial charge in [0.1, 0.15) is 0 Å². The highest BCUT2D eigenvalue weighted by atomic mass is 16.3. The summed E-state index contributed by atoms with van der Waals surface area (Å²) in [6.07, 6.45) is 1.82. The molecule has 1 amide bonds. The van der Waals surface area contributed by atoms with Crippen LogP contribution in [-0.4, -0.2) is 28.6 Å². The maximum atomic E-state index is 12.0. The molecule has 18 heavy (non-hydrogen) atoms. The van der Waals surface area contributed by atoms with Crippen molar-refractivity contribution in [1.29, 1.82) is 0 Å². The smallest absolute Gasteiger partial charge is 0.252 e. The second-order valence-electron chi connectivity index (χ2n) is 4.15. The number of hydrogen-bond donors (Lipinski definition) is 2. The van der Waals surface area contributed by atoms with Crippen LogP contribution < -0.4 is 5.32 Å². The Bertz CT molecular complexity index is 549. The molecule has 4 nitrogen and oxygen atoms in total. The fourth-order valence-corrected chi connectivity index (χ4v) is 1.75. The number of amides is 1. The van der Waals surface area contributed by atoms with Crippen molar-refractivity contribution in [3.8, 4) is 0 Å². The van der Waals surface area contributed by atoms with Crippen molar-refractivity contribution in [3.05, 3.63) is 42.1 Å². The Labute approximate surface area is 106 Å². The van der Waals surface area contributed by atoms with Crippen LogP contribution in [0.1, 0.15) is 23.7 Å². The van der Waals surface area contributed by atoms with Gasteiger partial charge in [-0.25, -0.2) is 0 Å². The predicted octanol–water partition coefficient (Wildman–Crippen LogP) is 1.74. The van der Waals surface area contributed by atoms with E-state index >= 15 is 0 Å². The van der Waals surface area contributed by atoms with Crippen molar-refractivity contribution in [3.63, 3.8) is 0 Å². The Morgan fingerprint density at radius 1 is 1.39 bits per heavy atom. The Morgan fingerprint density at radius 3 is 3.00 bits per heavy atom. The number of pyridine rings is 1. The molecule has 2 rings (SSSR count). The fraction of sp³-hybridized carbons (Fsp3) is 0.286. The van der Waals surface area contributed by atoms with E-state index in [9.17, 15) is 9.90 Å². The predicted molar refractivity (Wildman–Crippen MR) is 70.4 cm³/mol. The highest BCUT2D eigenvalue weighted by Gasteiger charge is 2.10. The van der Waals surface area contributed by atoms with E-state index in [0.29, 0.717) is 12.0 Å². The van der Waals surface area contributed by atoms with Gasteiger partial charge in [0, 0.05) is 23.7 Å². The Kier molecular flexibility index (Phi) is 3.89. The lowest BCUT2D eigenvalue weighted by molar-refractivity contribution is 0.0915. The molecule has 0 radical (unpaired) electrons. The zero-order valence-electron chi connectivity index (χ0n) is 10.3. The molecule has 0 fully saturated rings. The van der Waals surface area contributed by atoms with Gasteiger partial charge in [0.05, 0.1) is 11.6 Å². The van der Waals surface area contributed by atoms with E-state index in [1.165, 1.54) is 0 Å². The molecule has 2 N–H and O–H groups in total. The highest BCUT2D eigenvalue weighted by Crippen LogP contribution is 2.16. The number of carbonyl (C=O) groups excluding carboxylic acids is 1. The summed E-state index contributed by atoms with van der Waals surface area (Å²) in [7, 11) is 0. The number of nitrogens with one attached hydrogen (secondary N) is 1. The van der Waals surface area contributed by atoms with Crippen LogP contribution in [0.2, 0.25) is 0 Å². The van der Waals surface area contributed by atoms with Crippen LogP contribution >= 0.6 is 0 Å². The van der Waals surface area contributed by atoms with E-state index < -0.39 is 6.10 Å². The summed E-state index contributed by atoms with van der Waals surface area (Å²) in [4.78, 5) is 16.2. The quantitative estimate of drug-likeness (QED) is 0.861. The second-order valence-corrected chi connectivity index (χ2v) is 4.15. The van der Waals surface area contributed by atoms with E-state index in [1.54, 1.807) is 24.4 Å². The number of benzene rings is 1. The number of nitrogens with zero attached hydrogens (tertiary/aromatic N) is 1. The maximum Gasteiger partial charge on any atom is 0.252 e. The molecule has 4 heteroatoms. The molecule has 0 spiro atoms. The molecule has 0 bridgehead atoms. The molecule has 1 unspecified atom stereocenters. The average Bonchev–Trinajstić information content (AvgIpc) is 2.43. The lowest BCUT2D eigenvalue weighted by Crippen LogP contribution is -2.31. The van der Waals surface area contributed by atoms with Crippen LogP contribution in [0.5, 0.6) is 0 Å². The third-order valence-electron chi connectivity index (χ3n) is 2.86. The number of carbonyl (C=O) groups is 1. The van der Waals surface area contributed by atoms with E-state index in [1.807, 2.05) is 19.1 Å². The largest absolute Gasteiger partial charge is 0.391 e. The number of fused-ring (bicyclic) bond motifs is 1. The normalized spacial score (nSPS) is 12.3. The van der Waals surface area contributed by atoms with Crippen molar-refractivity contribution in [2.45, 2.75) is 19.4 Å². The first-order valence-corrected chi connectivity index (χ1v) is 6.02. The molecule has 0 saturated carbocycles. The summed E-state index contributed by atoms with van der Waals surface area (Å²) in [5.41, 5.74) is 1.38. The van der Waals surface area contributed by atoms with Crippen LogP contribution in [0.4, 0.5) is 0 Å². The molecule has 1 aromatic carbocycles. The molecule has 1 heterocycles. The van der Waals surface area contributed by atoms with Crippen LogP contribution in [0.25, 0.3) is 10.9 Å². The fourth-order valence-electron chi connectivity index (χ4n) is 1.75. The zero-order valence-corrected chi connectivity index (χ0v) is 10.3. The van der Waals surface area contributed by atoms with Crippen LogP contribution in [0.15, 0.2) is 36.5 Å². The summed E-state index contributed by atoms with van der Waals surface area (Å²) in [5.74, 6) is -0.180. The van der Waals surface area contributed by atoms with Gasteiger partial charge in [-0.15, -0.1) is 0 Å². The van der Waals surface area contributed by atoms with Gasteiger partial charge >= 0.3 is 0 Å². The number of aliphatic hydroxyl groups is 1. The Balaban J connectivity index is 2.22. The molecule has 0 aliphatic rings. The van der Waals surface area contributed by atoms with Gasteiger partial charge in [0.25, 0.3) is 5.91 Å². The molecule has 0 saturated heterocycles. The van der Waals surface area contributed by atoms with Crippen molar-refractivity contribution >= 4 is 16.8 Å². The minimum absolute atomic E-state index is 0.180. The first-order chi connectivity index (χ1) is 8.72. The first-order valence-electron chi connectivity index (χ1n) is 6.02. The molecule has 1 atom stereocenters. The summed E-state index contributed by atoms with van der Waals surface area (Å²) in [5, 5.41) is 13.0. The topological polar surface area (TPSA) is 62.2 Å². The molecule has 94 valence electrons. The van der Waals surface area contributed by atoms with Crippen LogP contribution in [0.3, 0.4) is 0 Å². The molecule has 0 aliphatic carbocycles. The third kappa shape index (κ3) is 2.65. The van der Waals surface area contributed by atoms with Crippen molar-refractivity contribution in [1.82, 2.24) is 10.3 Å². The van der Waals surface area contributed by atoms with Gasteiger partial charge in [-0.2, -0.15) is 0 Å². The lowest BCUT2D eigenvalue weighted by atomic mass is 10.1. The van der Waals surface area contributed by atoms with E-state index in [2.05, 4.69) is 10.3 Å². The van der Waals surface area contributed by atoms with Gasteiger partial charge in [0.2, 0.25) is 0 Å². The van der Waals surface area contributed by atoms with Gasteiger partial charge < -0.3 is 10.4 Å².